The molecule has 1 heterocycles. The predicted octanol–water partition coefficient (Wildman–Crippen LogP) is 4.02. The fraction of sp³-hybridized carbons (Fsp3) is 0.267. The summed E-state index contributed by atoms with van der Waals surface area (Å²) in [5.41, 5.74) is 1.80. The van der Waals surface area contributed by atoms with Gasteiger partial charge in [0, 0.05) is 18.4 Å². The SMILES string of the molecule is CCNC(Cc1ccncc1)c1ccc(F)c(F)c1Br. The van der Waals surface area contributed by atoms with E-state index < -0.39 is 11.6 Å². The van der Waals surface area contributed by atoms with Gasteiger partial charge < -0.3 is 5.32 Å². The molecule has 0 amide bonds. The number of pyridine rings is 1. The molecule has 20 heavy (non-hydrogen) atoms. The number of hydrogen-bond acceptors (Lipinski definition) is 2. The van der Waals surface area contributed by atoms with E-state index >= 15 is 0 Å². The van der Waals surface area contributed by atoms with E-state index in [-0.39, 0.29) is 10.5 Å². The molecule has 1 aromatic carbocycles. The number of halogens is 3. The van der Waals surface area contributed by atoms with Gasteiger partial charge in [-0.3, -0.25) is 4.98 Å². The van der Waals surface area contributed by atoms with Crippen LogP contribution in [0.4, 0.5) is 8.78 Å². The van der Waals surface area contributed by atoms with E-state index in [1.807, 2.05) is 19.1 Å². The number of nitrogens with one attached hydrogen (secondary N) is 1. The number of rotatable bonds is 5. The molecule has 1 aromatic heterocycles. The number of benzene rings is 1. The minimum absolute atomic E-state index is 0.0909. The first-order chi connectivity index (χ1) is 9.63. The molecule has 2 rings (SSSR count). The highest BCUT2D eigenvalue weighted by Crippen LogP contribution is 2.29. The summed E-state index contributed by atoms with van der Waals surface area (Å²) >= 11 is 3.15. The molecule has 106 valence electrons. The highest BCUT2D eigenvalue weighted by atomic mass is 79.9. The molecule has 1 N–H and O–H groups in total. The van der Waals surface area contributed by atoms with Crippen LogP contribution in [-0.2, 0) is 6.42 Å². The molecule has 0 fully saturated rings. The molecular formula is C15H15BrF2N2. The van der Waals surface area contributed by atoms with E-state index in [9.17, 15) is 8.78 Å². The van der Waals surface area contributed by atoms with Crippen molar-refractivity contribution in [3.63, 3.8) is 0 Å². The van der Waals surface area contributed by atoms with Crippen LogP contribution >= 0.6 is 15.9 Å². The molecule has 0 bridgehead atoms. The quantitative estimate of drug-likeness (QED) is 0.831. The third-order valence-electron chi connectivity index (χ3n) is 3.08. The smallest absolute Gasteiger partial charge is 0.173 e. The maximum atomic E-state index is 13.7. The van der Waals surface area contributed by atoms with Crippen molar-refractivity contribution in [3.8, 4) is 0 Å². The number of nitrogens with zero attached hydrogens (tertiary/aromatic N) is 1. The maximum Gasteiger partial charge on any atom is 0.173 e. The van der Waals surface area contributed by atoms with Crippen LogP contribution in [-0.4, -0.2) is 11.5 Å². The summed E-state index contributed by atoms with van der Waals surface area (Å²) in [5, 5.41) is 3.30. The van der Waals surface area contributed by atoms with Crippen LogP contribution in [0.15, 0.2) is 41.1 Å². The summed E-state index contributed by atoms with van der Waals surface area (Å²) in [6, 6.07) is 6.51. The van der Waals surface area contributed by atoms with Crippen LogP contribution in [0.25, 0.3) is 0 Å². The first kappa shape index (κ1) is 15.1. The predicted molar refractivity (Wildman–Crippen MR) is 78.4 cm³/mol. The average Bonchev–Trinajstić information content (AvgIpc) is 2.46. The van der Waals surface area contributed by atoms with E-state index in [0.717, 1.165) is 18.2 Å². The van der Waals surface area contributed by atoms with Gasteiger partial charge in [-0.1, -0.05) is 13.0 Å². The molecule has 1 unspecified atom stereocenters. The molecule has 0 spiro atoms. The van der Waals surface area contributed by atoms with Crippen LogP contribution in [0.2, 0.25) is 0 Å². The summed E-state index contributed by atoms with van der Waals surface area (Å²) in [6.45, 7) is 2.72. The molecule has 2 aromatic rings. The maximum absolute atomic E-state index is 13.7. The molecule has 0 radical (unpaired) electrons. The average molecular weight is 341 g/mol. The van der Waals surface area contributed by atoms with Crippen molar-refractivity contribution in [1.29, 1.82) is 0 Å². The minimum Gasteiger partial charge on any atom is -0.310 e. The Morgan fingerprint density at radius 3 is 2.55 bits per heavy atom. The molecule has 2 nitrogen and oxygen atoms in total. The van der Waals surface area contributed by atoms with Gasteiger partial charge in [-0.15, -0.1) is 0 Å². The van der Waals surface area contributed by atoms with Crippen molar-refractivity contribution in [2.24, 2.45) is 0 Å². The summed E-state index contributed by atoms with van der Waals surface area (Å²) in [7, 11) is 0. The second-order valence-electron chi connectivity index (χ2n) is 4.43. The van der Waals surface area contributed by atoms with Crippen molar-refractivity contribution < 1.29 is 8.78 Å². The van der Waals surface area contributed by atoms with Crippen molar-refractivity contribution in [2.75, 3.05) is 6.54 Å². The van der Waals surface area contributed by atoms with Gasteiger partial charge in [0.2, 0.25) is 0 Å². The van der Waals surface area contributed by atoms with Gasteiger partial charge in [-0.05, 0) is 58.2 Å². The first-order valence-corrected chi connectivity index (χ1v) is 7.18. The zero-order chi connectivity index (χ0) is 14.5. The zero-order valence-corrected chi connectivity index (χ0v) is 12.6. The zero-order valence-electron chi connectivity index (χ0n) is 11.0. The fourth-order valence-electron chi connectivity index (χ4n) is 2.10. The molecule has 0 aliphatic rings. The third-order valence-corrected chi connectivity index (χ3v) is 3.89. The number of likely N-dealkylation sites (N-methyl/N-ethyl adjacent to an activating group) is 1. The van der Waals surface area contributed by atoms with Crippen LogP contribution in [0.1, 0.15) is 24.1 Å². The molecule has 0 saturated carbocycles. The van der Waals surface area contributed by atoms with Gasteiger partial charge in [0.15, 0.2) is 11.6 Å². The second kappa shape index (κ2) is 6.90. The Morgan fingerprint density at radius 1 is 1.20 bits per heavy atom. The monoisotopic (exact) mass is 340 g/mol. The highest BCUT2D eigenvalue weighted by molar-refractivity contribution is 9.10. The molecule has 0 aliphatic carbocycles. The molecular weight excluding hydrogens is 326 g/mol. The van der Waals surface area contributed by atoms with E-state index in [1.54, 1.807) is 18.5 Å². The highest BCUT2D eigenvalue weighted by Gasteiger charge is 2.18. The topological polar surface area (TPSA) is 24.9 Å². The summed E-state index contributed by atoms with van der Waals surface area (Å²) < 4.78 is 27.1. The lowest BCUT2D eigenvalue weighted by Gasteiger charge is -2.20. The molecule has 0 aliphatic heterocycles. The van der Waals surface area contributed by atoms with Crippen molar-refractivity contribution >= 4 is 15.9 Å². The van der Waals surface area contributed by atoms with Gasteiger partial charge in [0.25, 0.3) is 0 Å². The normalized spacial score (nSPS) is 12.4. The number of aromatic nitrogens is 1. The Labute approximate surface area is 125 Å². The van der Waals surface area contributed by atoms with Gasteiger partial charge in [-0.2, -0.15) is 0 Å². The van der Waals surface area contributed by atoms with Gasteiger partial charge in [0.1, 0.15) is 0 Å². The Bertz CT molecular complexity index is 576. The van der Waals surface area contributed by atoms with Crippen molar-refractivity contribution in [2.45, 2.75) is 19.4 Å². The van der Waals surface area contributed by atoms with Gasteiger partial charge >= 0.3 is 0 Å². The van der Waals surface area contributed by atoms with Crippen LogP contribution in [0.3, 0.4) is 0 Å². The van der Waals surface area contributed by atoms with Crippen molar-refractivity contribution in [1.82, 2.24) is 10.3 Å². The van der Waals surface area contributed by atoms with E-state index in [2.05, 4.69) is 26.2 Å². The Hall–Kier alpha value is -1.33. The minimum atomic E-state index is -0.847. The molecule has 1 atom stereocenters. The van der Waals surface area contributed by atoms with E-state index in [4.69, 9.17) is 0 Å². The number of hydrogen-bond donors (Lipinski definition) is 1. The van der Waals surface area contributed by atoms with E-state index in [0.29, 0.717) is 12.0 Å². The van der Waals surface area contributed by atoms with E-state index in [1.165, 1.54) is 0 Å². The first-order valence-electron chi connectivity index (χ1n) is 6.39. The molecule has 0 saturated heterocycles. The molecule has 5 heteroatoms. The van der Waals surface area contributed by atoms with Gasteiger partial charge in [0.05, 0.1) is 4.47 Å². The fourth-order valence-corrected chi connectivity index (χ4v) is 2.70. The largest absolute Gasteiger partial charge is 0.310 e. The van der Waals surface area contributed by atoms with Crippen LogP contribution in [0.5, 0.6) is 0 Å². The summed E-state index contributed by atoms with van der Waals surface area (Å²) in [6.07, 6.45) is 4.12. The third kappa shape index (κ3) is 3.41. The lowest BCUT2D eigenvalue weighted by Crippen LogP contribution is -2.23. The standard InChI is InChI=1S/C15H15BrF2N2/c1-2-20-13(9-10-5-7-19-8-6-10)11-3-4-12(17)15(18)14(11)16/h3-8,13,20H,2,9H2,1H3. The Morgan fingerprint density at radius 2 is 1.90 bits per heavy atom. The Balaban J connectivity index is 2.31. The van der Waals surface area contributed by atoms with Crippen LogP contribution in [0, 0.1) is 11.6 Å². The van der Waals surface area contributed by atoms with Crippen molar-refractivity contribution in [3.05, 3.63) is 63.9 Å². The lowest BCUT2D eigenvalue weighted by atomic mass is 9.99. The van der Waals surface area contributed by atoms with Gasteiger partial charge in [-0.25, -0.2) is 8.78 Å². The lowest BCUT2D eigenvalue weighted by molar-refractivity contribution is 0.491. The summed E-state index contributed by atoms with van der Waals surface area (Å²) in [4.78, 5) is 3.98. The second-order valence-corrected chi connectivity index (χ2v) is 5.23. The Kier molecular flexibility index (Phi) is 5.20. The summed E-state index contributed by atoms with van der Waals surface area (Å²) in [5.74, 6) is -1.69. The van der Waals surface area contributed by atoms with Crippen LogP contribution < -0.4 is 5.32 Å².